The van der Waals surface area contributed by atoms with E-state index in [0.29, 0.717) is 0 Å². The van der Waals surface area contributed by atoms with Crippen molar-refractivity contribution in [1.82, 2.24) is 28.2 Å². The van der Waals surface area contributed by atoms with E-state index in [9.17, 15) is 0 Å². The van der Waals surface area contributed by atoms with Crippen LogP contribution in [0.25, 0.3) is 82.6 Å². The molecular weight excluding hydrogens is 841 g/mol. The monoisotopic (exact) mass is 888 g/mol. The number of nitrogens with zero attached hydrogens (tertiary/aromatic N) is 6. The Bertz CT molecular complexity index is 3580. The van der Waals surface area contributed by atoms with Crippen LogP contribution in [0.1, 0.15) is 33.8 Å². The predicted octanol–water partition coefficient (Wildman–Crippen LogP) is 14.4. The zero-order chi connectivity index (χ0) is 45.7. The van der Waals surface area contributed by atoms with Gasteiger partial charge in [0.1, 0.15) is 16.9 Å². The summed E-state index contributed by atoms with van der Waals surface area (Å²) < 4.78 is 6.68. The lowest BCUT2D eigenvalue weighted by molar-refractivity contribution is 0.879. The van der Waals surface area contributed by atoms with Gasteiger partial charge in [0.05, 0.1) is 17.1 Å². The maximum absolute atomic E-state index is 5.26. The average Bonchev–Trinajstić information content (AvgIpc) is 4.16. The van der Waals surface area contributed by atoms with E-state index in [2.05, 4.69) is 232 Å². The van der Waals surface area contributed by atoms with Crippen LogP contribution in [0.3, 0.4) is 0 Å². The maximum Gasteiger partial charge on any atom is 0.144 e. The van der Waals surface area contributed by atoms with E-state index in [4.69, 9.17) is 15.0 Å². The molecule has 13 rings (SSSR count). The Morgan fingerprint density at radius 2 is 0.522 bits per heavy atom. The highest BCUT2D eigenvalue weighted by Gasteiger charge is 2.16. The Morgan fingerprint density at radius 1 is 0.261 bits per heavy atom. The van der Waals surface area contributed by atoms with E-state index in [1.54, 1.807) is 0 Å². The summed E-state index contributed by atoms with van der Waals surface area (Å²) in [7, 11) is 0. The van der Waals surface area contributed by atoms with Crippen molar-refractivity contribution in [3.05, 3.63) is 253 Å². The zero-order valence-corrected chi connectivity index (χ0v) is 38.2. The minimum Gasteiger partial charge on any atom is -0.306 e. The highest BCUT2D eigenvalue weighted by Crippen LogP contribution is 2.35. The van der Waals surface area contributed by atoms with Crippen molar-refractivity contribution in [3.63, 3.8) is 0 Å². The normalized spacial score (nSPS) is 11.8. The Kier molecular flexibility index (Phi) is 10.2. The van der Waals surface area contributed by atoms with E-state index in [1.165, 1.54) is 82.4 Å². The summed E-state index contributed by atoms with van der Waals surface area (Å²) in [6.07, 6.45) is 18.6. The van der Waals surface area contributed by atoms with E-state index in [-0.39, 0.29) is 0 Å². The number of rotatable bonds is 12. The first kappa shape index (κ1) is 40.6. The molecule has 0 aliphatic carbocycles. The Hall–Kier alpha value is -8.61. The number of hydrogen-bond acceptors (Lipinski definition) is 3. The second kappa shape index (κ2) is 17.2. The van der Waals surface area contributed by atoms with Gasteiger partial charge in [-0.15, -0.1) is 0 Å². The molecule has 0 aliphatic rings. The maximum atomic E-state index is 5.26. The number of benzene rings is 7. The van der Waals surface area contributed by atoms with Crippen molar-refractivity contribution in [2.75, 3.05) is 0 Å². The van der Waals surface area contributed by atoms with E-state index >= 15 is 0 Å². The van der Waals surface area contributed by atoms with E-state index in [1.807, 2.05) is 0 Å². The minimum atomic E-state index is 0.839. The lowest BCUT2D eigenvalue weighted by Gasteiger charge is -2.10. The summed E-state index contributed by atoms with van der Waals surface area (Å²) in [5, 5.41) is 7.16. The third-order valence-electron chi connectivity index (χ3n) is 13.9. The van der Waals surface area contributed by atoms with Crippen LogP contribution in [-0.2, 0) is 38.5 Å². The number of aromatic nitrogens is 6. The first-order chi connectivity index (χ1) is 34.1. The van der Waals surface area contributed by atoms with Gasteiger partial charge in [0, 0.05) is 70.0 Å². The summed E-state index contributed by atoms with van der Waals surface area (Å²) in [5.41, 5.74) is 17.5. The van der Waals surface area contributed by atoms with Crippen LogP contribution in [0.4, 0.5) is 0 Å². The van der Waals surface area contributed by atoms with Gasteiger partial charge in [-0.25, -0.2) is 15.0 Å². The molecule has 13 aromatic rings. The third kappa shape index (κ3) is 7.70. The standard InChI is InChI=1S/C63H48N6/c1-4-16-46(17-5-1)58-40-67-37-49(64-61(67)55-25-13-10-22-52(55)58)31-28-43-34-44(29-32-50-38-68-41-59(47-18-6-2-7-19-47)53-23-11-14-26-56(53)62(68)65-50)36-45(35-43)30-33-51-39-69-42-60(48-20-8-3-9-21-48)54-24-12-15-27-57(54)63(69)66-51/h1-27,34-42H,28-33H2. The molecule has 0 fully saturated rings. The van der Waals surface area contributed by atoms with Crippen molar-refractivity contribution in [1.29, 1.82) is 0 Å². The Balaban J connectivity index is 0.823. The smallest absolute Gasteiger partial charge is 0.144 e. The molecule has 7 aromatic carbocycles. The second-order valence-electron chi connectivity index (χ2n) is 18.4. The summed E-state index contributed by atoms with van der Waals surface area (Å²) in [6, 6.07) is 65.2. The van der Waals surface area contributed by atoms with Crippen LogP contribution in [0.15, 0.2) is 219 Å². The number of imidazole rings is 3. The van der Waals surface area contributed by atoms with Crippen molar-refractivity contribution in [3.8, 4) is 33.4 Å². The molecule has 0 unspecified atom stereocenters. The fourth-order valence-corrected chi connectivity index (χ4v) is 10.6. The summed E-state index contributed by atoms with van der Waals surface area (Å²) in [5.74, 6) is 0. The molecular formula is C63H48N6. The molecule has 6 heteroatoms. The molecule has 330 valence electrons. The number of pyridine rings is 3. The van der Waals surface area contributed by atoms with Gasteiger partial charge >= 0.3 is 0 Å². The molecule has 0 N–H and O–H groups in total. The van der Waals surface area contributed by atoms with Crippen LogP contribution in [0.2, 0.25) is 0 Å². The lowest BCUT2D eigenvalue weighted by Crippen LogP contribution is -2.00. The fraction of sp³-hybridized carbons (Fsp3) is 0.0952. The van der Waals surface area contributed by atoms with Gasteiger partial charge in [0.15, 0.2) is 0 Å². The van der Waals surface area contributed by atoms with Gasteiger partial charge in [-0.3, -0.25) is 0 Å². The molecule has 0 atom stereocenters. The average molecular weight is 889 g/mol. The Morgan fingerprint density at radius 3 is 0.812 bits per heavy atom. The topological polar surface area (TPSA) is 51.9 Å². The van der Waals surface area contributed by atoms with Crippen LogP contribution >= 0.6 is 0 Å². The molecule has 0 saturated heterocycles. The minimum absolute atomic E-state index is 0.839. The van der Waals surface area contributed by atoms with E-state index < -0.39 is 0 Å². The third-order valence-corrected chi connectivity index (χ3v) is 13.9. The SMILES string of the molecule is c1ccc(-c2cn3cc(CCc4cc(CCc5cn6cc(-c7ccccc7)c7ccccc7c6n5)cc(CCc5cn6cc(-c7ccccc7)c7ccccc7c6n5)c4)nc3c3ccccc23)cc1. The van der Waals surface area contributed by atoms with Gasteiger partial charge in [-0.2, -0.15) is 0 Å². The van der Waals surface area contributed by atoms with Crippen LogP contribution < -0.4 is 0 Å². The summed E-state index contributed by atoms with van der Waals surface area (Å²) in [4.78, 5) is 15.8. The molecule has 69 heavy (non-hydrogen) atoms. The van der Waals surface area contributed by atoms with Crippen LogP contribution in [0.5, 0.6) is 0 Å². The van der Waals surface area contributed by atoms with Gasteiger partial charge in [0.25, 0.3) is 0 Å². The van der Waals surface area contributed by atoms with Gasteiger partial charge in [0.2, 0.25) is 0 Å². The molecule has 0 bridgehead atoms. The van der Waals surface area contributed by atoms with Gasteiger partial charge in [-0.05, 0) is 88.1 Å². The molecule has 6 aromatic heterocycles. The molecule has 0 aliphatic heterocycles. The second-order valence-corrected chi connectivity index (χ2v) is 18.4. The van der Waals surface area contributed by atoms with Gasteiger partial charge in [-0.1, -0.05) is 182 Å². The first-order valence-corrected chi connectivity index (χ1v) is 24.1. The quantitative estimate of drug-likeness (QED) is 0.123. The van der Waals surface area contributed by atoms with Crippen molar-refractivity contribution < 1.29 is 0 Å². The number of aryl methyl sites for hydroxylation is 6. The largest absolute Gasteiger partial charge is 0.306 e. The number of fused-ring (bicyclic) bond motifs is 9. The molecule has 6 heterocycles. The van der Waals surface area contributed by atoms with Crippen molar-refractivity contribution in [2.24, 2.45) is 0 Å². The first-order valence-electron chi connectivity index (χ1n) is 24.1. The Labute approximate surface area is 400 Å². The highest BCUT2D eigenvalue weighted by molar-refractivity contribution is 6.05. The molecule has 0 amide bonds. The summed E-state index contributed by atoms with van der Waals surface area (Å²) in [6.45, 7) is 0. The molecule has 6 nitrogen and oxygen atoms in total. The molecule has 0 spiro atoms. The van der Waals surface area contributed by atoms with E-state index in [0.717, 1.165) is 72.5 Å². The molecule has 0 radical (unpaired) electrons. The zero-order valence-electron chi connectivity index (χ0n) is 38.2. The van der Waals surface area contributed by atoms with Gasteiger partial charge < -0.3 is 13.2 Å². The van der Waals surface area contributed by atoms with Crippen molar-refractivity contribution in [2.45, 2.75) is 38.5 Å². The van der Waals surface area contributed by atoms with Crippen LogP contribution in [-0.4, -0.2) is 28.2 Å². The predicted molar refractivity (Wildman–Crippen MR) is 283 cm³/mol. The van der Waals surface area contributed by atoms with Crippen molar-refractivity contribution >= 4 is 49.3 Å². The molecule has 0 saturated carbocycles. The fourth-order valence-electron chi connectivity index (χ4n) is 10.6. The highest BCUT2D eigenvalue weighted by atomic mass is 15.0. The van der Waals surface area contributed by atoms with Crippen LogP contribution in [0, 0.1) is 0 Å². The lowest BCUT2D eigenvalue weighted by atomic mass is 9.96. The summed E-state index contributed by atoms with van der Waals surface area (Å²) >= 11 is 0. The number of hydrogen-bond donors (Lipinski definition) is 0.